The quantitative estimate of drug-likeness (QED) is 0.715. The van der Waals surface area contributed by atoms with Crippen LogP contribution in [0.4, 0.5) is 0 Å². The summed E-state index contributed by atoms with van der Waals surface area (Å²) in [6.07, 6.45) is 4.00. The van der Waals surface area contributed by atoms with E-state index in [-0.39, 0.29) is 4.90 Å². The van der Waals surface area contributed by atoms with Crippen molar-refractivity contribution in [2.24, 2.45) is 0 Å². The first-order chi connectivity index (χ1) is 7.97. The molecule has 2 heterocycles. The average Bonchev–Trinajstić information content (AvgIpc) is 2.29. The summed E-state index contributed by atoms with van der Waals surface area (Å²) in [5, 5.41) is 0. The van der Waals surface area contributed by atoms with Gasteiger partial charge in [-0.3, -0.25) is 9.97 Å². The van der Waals surface area contributed by atoms with Gasteiger partial charge >= 0.3 is 0 Å². The van der Waals surface area contributed by atoms with Gasteiger partial charge in [0, 0.05) is 18.6 Å². The molecule has 2 aromatic heterocycles. The molecule has 0 saturated heterocycles. The smallest absolute Gasteiger partial charge is 0.177 e. The summed E-state index contributed by atoms with van der Waals surface area (Å²) in [6, 6.07) is 6.58. The Kier molecular flexibility index (Phi) is 2.98. The van der Waals surface area contributed by atoms with E-state index in [0.717, 1.165) is 6.26 Å². The van der Waals surface area contributed by atoms with Crippen molar-refractivity contribution in [2.75, 3.05) is 6.26 Å². The summed E-state index contributed by atoms with van der Waals surface area (Å²) in [5.74, 6) is 0. The van der Waals surface area contributed by atoms with Gasteiger partial charge in [-0.1, -0.05) is 11.5 Å². The first-order valence-corrected chi connectivity index (χ1v) is 6.74. The normalized spacial score (nSPS) is 11.4. The van der Waals surface area contributed by atoms with E-state index >= 15 is 0 Å². The molecular weight excluding hydrogens is 235 g/mol. The summed E-state index contributed by atoms with van der Waals surface area (Å²) in [4.78, 5) is 8.36. The number of sulfone groups is 1. The monoisotopic (exact) mass is 244 g/mol. The van der Waals surface area contributed by atoms with Crippen molar-refractivity contribution in [3.05, 3.63) is 36.7 Å². The molecule has 17 heavy (non-hydrogen) atoms. The lowest BCUT2D eigenvalue weighted by atomic mass is 9.98. The Balaban J connectivity index is 2.39. The van der Waals surface area contributed by atoms with Crippen LogP contribution in [0.15, 0.2) is 41.6 Å². The Hall–Kier alpha value is -1.69. The second-order valence-electron chi connectivity index (χ2n) is 3.63. The Morgan fingerprint density at radius 2 is 1.59 bits per heavy atom. The Bertz CT molecular complexity index is 622. The van der Waals surface area contributed by atoms with Gasteiger partial charge in [-0.25, -0.2) is 8.42 Å². The predicted molar refractivity (Wildman–Crippen MR) is 66.0 cm³/mol. The predicted octanol–water partition coefficient (Wildman–Crippen LogP) is 0.341. The van der Waals surface area contributed by atoms with Crippen molar-refractivity contribution in [1.29, 1.82) is 0 Å². The number of hydrogen-bond acceptors (Lipinski definition) is 4. The molecule has 0 aromatic carbocycles. The maximum atomic E-state index is 11.3. The molecule has 84 valence electrons. The van der Waals surface area contributed by atoms with Crippen LogP contribution in [0, 0.1) is 0 Å². The molecule has 0 saturated carbocycles. The van der Waals surface area contributed by atoms with Gasteiger partial charge in [0.2, 0.25) is 0 Å². The molecular formula is C11H9BN2O2S. The van der Waals surface area contributed by atoms with Crippen molar-refractivity contribution in [3.8, 4) is 11.4 Å². The highest BCUT2D eigenvalue weighted by molar-refractivity contribution is 7.90. The molecule has 0 aliphatic carbocycles. The topological polar surface area (TPSA) is 59.9 Å². The van der Waals surface area contributed by atoms with Crippen molar-refractivity contribution < 1.29 is 8.42 Å². The third-order valence-corrected chi connectivity index (χ3v) is 3.31. The summed E-state index contributed by atoms with van der Waals surface area (Å²) >= 11 is 0. The highest BCUT2D eigenvalue weighted by Crippen LogP contribution is 2.15. The van der Waals surface area contributed by atoms with E-state index in [1.807, 2.05) is 0 Å². The fraction of sp³-hybridized carbons (Fsp3) is 0.0909. The lowest BCUT2D eigenvalue weighted by Crippen LogP contribution is -2.03. The summed E-state index contributed by atoms with van der Waals surface area (Å²) in [5.41, 5.74) is 1.83. The summed E-state index contributed by atoms with van der Waals surface area (Å²) < 4.78 is 22.5. The maximum absolute atomic E-state index is 11.3. The van der Waals surface area contributed by atoms with Gasteiger partial charge in [0.1, 0.15) is 7.85 Å². The molecule has 0 aliphatic heterocycles. The van der Waals surface area contributed by atoms with Gasteiger partial charge in [-0.2, -0.15) is 0 Å². The largest absolute Gasteiger partial charge is 0.255 e. The summed E-state index contributed by atoms with van der Waals surface area (Å²) in [7, 11) is 2.31. The first kappa shape index (κ1) is 11.8. The van der Waals surface area contributed by atoms with Gasteiger partial charge in [0.25, 0.3) is 0 Å². The number of pyridine rings is 2. The zero-order valence-electron chi connectivity index (χ0n) is 9.16. The van der Waals surface area contributed by atoms with E-state index in [1.54, 1.807) is 18.2 Å². The minimum absolute atomic E-state index is 0.191. The number of rotatable bonds is 2. The van der Waals surface area contributed by atoms with Crippen molar-refractivity contribution >= 4 is 23.1 Å². The molecule has 2 rings (SSSR count). The van der Waals surface area contributed by atoms with Gasteiger partial charge in [0.05, 0.1) is 16.3 Å². The van der Waals surface area contributed by atoms with E-state index in [2.05, 4.69) is 9.97 Å². The summed E-state index contributed by atoms with van der Waals surface area (Å²) in [6.45, 7) is 0. The van der Waals surface area contributed by atoms with E-state index in [9.17, 15) is 8.42 Å². The maximum Gasteiger partial charge on any atom is 0.177 e. The van der Waals surface area contributed by atoms with Gasteiger partial charge < -0.3 is 0 Å². The van der Waals surface area contributed by atoms with E-state index in [4.69, 9.17) is 7.85 Å². The molecule has 4 nitrogen and oxygen atoms in total. The third-order valence-electron chi connectivity index (χ3n) is 2.21. The Morgan fingerprint density at radius 3 is 2.00 bits per heavy atom. The van der Waals surface area contributed by atoms with E-state index < -0.39 is 9.84 Å². The van der Waals surface area contributed by atoms with Crippen LogP contribution in [0.2, 0.25) is 0 Å². The number of hydrogen-bond donors (Lipinski definition) is 0. The second kappa shape index (κ2) is 4.29. The molecule has 6 heteroatoms. The Morgan fingerprint density at radius 1 is 1.00 bits per heavy atom. The van der Waals surface area contributed by atoms with Crippen LogP contribution in [0.3, 0.4) is 0 Å². The standard InChI is InChI=1S/C11H9BN2O2S/c1-17(15,16)9-3-5-11(14-7-9)10-4-2-8(12)6-13-10/h2-7H,1H3. The average molecular weight is 244 g/mol. The molecule has 0 atom stereocenters. The molecule has 0 aliphatic rings. The van der Waals surface area contributed by atoms with Crippen molar-refractivity contribution in [3.63, 3.8) is 0 Å². The number of nitrogens with zero attached hydrogens (tertiary/aromatic N) is 2. The van der Waals surface area contributed by atoms with Crippen LogP contribution in [0.25, 0.3) is 11.4 Å². The van der Waals surface area contributed by atoms with Crippen LogP contribution in [-0.2, 0) is 9.84 Å². The second-order valence-corrected chi connectivity index (χ2v) is 5.64. The lowest BCUT2D eigenvalue weighted by Gasteiger charge is -2.02. The Labute approximate surface area is 101 Å². The van der Waals surface area contributed by atoms with Gasteiger partial charge in [-0.05, 0) is 18.2 Å². The van der Waals surface area contributed by atoms with Crippen molar-refractivity contribution in [2.45, 2.75) is 4.90 Å². The molecule has 0 bridgehead atoms. The van der Waals surface area contributed by atoms with Crippen LogP contribution in [0.5, 0.6) is 0 Å². The molecule has 0 unspecified atom stereocenters. The highest BCUT2D eigenvalue weighted by atomic mass is 32.2. The lowest BCUT2D eigenvalue weighted by molar-refractivity contribution is 0.601. The molecule has 2 radical (unpaired) electrons. The van der Waals surface area contributed by atoms with E-state index in [0.29, 0.717) is 16.9 Å². The molecule has 0 amide bonds. The van der Waals surface area contributed by atoms with Gasteiger partial charge in [0.15, 0.2) is 9.84 Å². The third kappa shape index (κ3) is 2.71. The minimum Gasteiger partial charge on any atom is -0.255 e. The van der Waals surface area contributed by atoms with Crippen LogP contribution in [-0.4, -0.2) is 32.5 Å². The minimum atomic E-state index is -3.21. The SMILES string of the molecule is [B]c1ccc(-c2ccc(S(C)(=O)=O)cn2)nc1. The van der Waals surface area contributed by atoms with E-state index in [1.165, 1.54) is 18.5 Å². The van der Waals surface area contributed by atoms with Crippen LogP contribution in [0.1, 0.15) is 0 Å². The fourth-order valence-corrected chi connectivity index (χ4v) is 1.87. The molecule has 0 fully saturated rings. The number of aromatic nitrogens is 2. The van der Waals surface area contributed by atoms with Crippen molar-refractivity contribution in [1.82, 2.24) is 9.97 Å². The fourth-order valence-electron chi connectivity index (χ4n) is 1.31. The van der Waals surface area contributed by atoms with Crippen LogP contribution < -0.4 is 5.46 Å². The first-order valence-electron chi connectivity index (χ1n) is 4.85. The van der Waals surface area contributed by atoms with Crippen LogP contribution >= 0.6 is 0 Å². The molecule has 2 aromatic rings. The highest BCUT2D eigenvalue weighted by Gasteiger charge is 2.08. The van der Waals surface area contributed by atoms with Gasteiger partial charge in [-0.15, -0.1) is 0 Å². The molecule has 0 N–H and O–H groups in total. The molecule has 0 spiro atoms. The zero-order valence-corrected chi connectivity index (χ0v) is 9.98. The zero-order chi connectivity index (χ0) is 12.5.